The zero-order valence-electron chi connectivity index (χ0n) is 12.8. The highest BCUT2D eigenvalue weighted by Gasteiger charge is 2.13. The lowest BCUT2D eigenvalue weighted by Crippen LogP contribution is -2.43. The third kappa shape index (κ3) is 5.69. The Morgan fingerprint density at radius 1 is 1.14 bits per heavy atom. The number of hydrogen-bond acceptors (Lipinski definition) is 6. The Labute approximate surface area is 131 Å². The summed E-state index contributed by atoms with van der Waals surface area (Å²) in [6.07, 6.45) is 0.731. The van der Waals surface area contributed by atoms with Gasteiger partial charge in [0.1, 0.15) is 0 Å². The molecule has 2 rings (SSSR count). The molecule has 1 atom stereocenters. The number of benzene rings is 1. The smallest absolute Gasteiger partial charge is 0.269 e. The van der Waals surface area contributed by atoms with Crippen molar-refractivity contribution in [2.75, 3.05) is 45.8 Å². The molecule has 0 aliphatic carbocycles. The fourth-order valence-corrected chi connectivity index (χ4v) is 2.65. The number of nitrogens with one attached hydrogen (secondary N) is 2. The number of nitro benzene ring substituents is 1. The number of non-ortho nitro benzene ring substituents is 1. The highest BCUT2D eigenvalue weighted by atomic mass is 16.6. The number of nitro groups is 1. The van der Waals surface area contributed by atoms with E-state index >= 15 is 0 Å². The summed E-state index contributed by atoms with van der Waals surface area (Å²) >= 11 is 0. The van der Waals surface area contributed by atoms with Crippen LogP contribution in [0.3, 0.4) is 0 Å². The molecule has 1 heterocycles. The van der Waals surface area contributed by atoms with Crippen molar-refractivity contribution in [2.45, 2.75) is 12.5 Å². The maximum absolute atomic E-state index is 10.6. The highest BCUT2D eigenvalue weighted by Crippen LogP contribution is 2.13. The lowest BCUT2D eigenvalue weighted by atomic mass is 10.1. The van der Waals surface area contributed by atoms with E-state index in [0.29, 0.717) is 0 Å². The summed E-state index contributed by atoms with van der Waals surface area (Å²) in [5.74, 6) is 0. The minimum absolute atomic E-state index is 0.0298. The quantitative estimate of drug-likeness (QED) is 0.522. The first kappa shape index (κ1) is 16.8. The summed E-state index contributed by atoms with van der Waals surface area (Å²) in [5, 5.41) is 17.4. The maximum Gasteiger partial charge on any atom is 0.269 e. The third-order valence-corrected chi connectivity index (χ3v) is 3.83. The lowest BCUT2D eigenvalue weighted by Gasteiger charge is -2.25. The molecule has 122 valence electrons. The summed E-state index contributed by atoms with van der Waals surface area (Å²) in [7, 11) is 0. The maximum atomic E-state index is 10.6. The third-order valence-electron chi connectivity index (χ3n) is 3.83. The zero-order chi connectivity index (χ0) is 15.8. The molecule has 22 heavy (non-hydrogen) atoms. The van der Waals surface area contributed by atoms with Gasteiger partial charge in [-0.25, -0.2) is 0 Å². The van der Waals surface area contributed by atoms with Gasteiger partial charge in [-0.15, -0.1) is 0 Å². The van der Waals surface area contributed by atoms with Gasteiger partial charge in [0.05, 0.1) is 4.92 Å². The van der Waals surface area contributed by atoms with Gasteiger partial charge in [0.25, 0.3) is 5.69 Å². The molecule has 1 aromatic carbocycles. The topological polar surface area (TPSA) is 96.5 Å². The molecule has 1 unspecified atom stereocenters. The van der Waals surface area contributed by atoms with Gasteiger partial charge < -0.3 is 16.4 Å². The second-order valence-corrected chi connectivity index (χ2v) is 5.69. The van der Waals surface area contributed by atoms with Gasteiger partial charge >= 0.3 is 0 Å². The molecule has 0 radical (unpaired) electrons. The molecule has 1 saturated heterocycles. The van der Waals surface area contributed by atoms with Crippen LogP contribution in [-0.2, 0) is 6.42 Å². The lowest BCUT2D eigenvalue weighted by molar-refractivity contribution is -0.384. The van der Waals surface area contributed by atoms with Crippen LogP contribution >= 0.6 is 0 Å². The van der Waals surface area contributed by atoms with Crippen molar-refractivity contribution < 1.29 is 4.92 Å². The molecule has 1 aliphatic rings. The van der Waals surface area contributed by atoms with Crippen LogP contribution in [0.15, 0.2) is 24.3 Å². The Balaban J connectivity index is 1.82. The largest absolute Gasteiger partial charge is 0.326 e. The Bertz CT molecular complexity index is 456. The Hall–Kier alpha value is -1.54. The first-order valence-corrected chi connectivity index (χ1v) is 7.78. The van der Waals surface area contributed by atoms with Crippen LogP contribution < -0.4 is 16.4 Å². The van der Waals surface area contributed by atoms with Gasteiger partial charge in [0.15, 0.2) is 0 Å². The second-order valence-electron chi connectivity index (χ2n) is 5.69. The summed E-state index contributed by atoms with van der Waals surface area (Å²) in [4.78, 5) is 12.6. The fraction of sp³-hybridized carbons (Fsp3) is 0.600. The van der Waals surface area contributed by atoms with Crippen LogP contribution in [0.5, 0.6) is 0 Å². The van der Waals surface area contributed by atoms with Crippen molar-refractivity contribution in [3.8, 4) is 0 Å². The minimum atomic E-state index is -0.382. The number of hydrogen-bond donors (Lipinski definition) is 3. The number of nitrogens with two attached hydrogens (primary N) is 1. The van der Waals surface area contributed by atoms with Crippen LogP contribution in [0.25, 0.3) is 0 Å². The fourth-order valence-electron chi connectivity index (χ4n) is 2.65. The molecular weight excluding hydrogens is 282 g/mol. The Morgan fingerprint density at radius 3 is 2.27 bits per heavy atom. The summed E-state index contributed by atoms with van der Waals surface area (Å²) in [6.45, 7) is 6.79. The number of nitrogens with zero attached hydrogens (tertiary/aromatic N) is 2. The molecule has 1 aliphatic heterocycles. The highest BCUT2D eigenvalue weighted by molar-refractivity contribution is 5.33. The van der Waals surface area contributed by atoms with Gasteiger partial charge in [-0.2, -0.15) is 0 Å². The molecule has 4 N–H and O–H groups in total. The monoisotopic (exact) mass is 307 g/mol. The van der Waals surface area contributed by atoms with E-state index < -0.39 is 0 Å². The first-order valence-electron chi connectivity index (χ1n) is 7.78. The van der Waals surface area contributed by atoms with Crippen LogP contribution in [-0.4, -0.2) is 61.7 Å². The minimum Gasteiger partial charge on any atom is -0.326 e. The average molecular weight is 307 g/mol. The Morgan fingerprint density at radius 2 is 1.73 bits per heavy atom. The predicted octanol–water partition coefficient (Wildman–Crippen LogP) is -0.0406. The second kappa shape index (κ2) is 8.79. The van der Waals surface area contributed by atoms with Crippen molar-refractivity contribution in [1.82, 2.24) is 15.5 Å². The van der Waals surface area contributed by atoms with Gasteiger partial charge in [0, 0.05) is 64.0 Å². The normalized spacial score (nSPS) is 19.0. The first-order chi connectivity index (χ1) is 10.6. The molecule has 7 heteroatoms. The van der Waals surface area contributed by atoms with E-state index in [1.54, 1.807) is 12.1 Å². The standard InChI is InChI=1S/C15H25N5O2/c16-14(11-13-1-3-15(4-2-13)20(21)22)12-19-9-7-17-5-6-18-8-10-19/h1-4,14,17-18H,5-12,16H2. The van der Waals surface area contributed by atoms with E-state index in [0.717, 1.165) is 57.8 Å². The molecule has 1 fully saturated rings. The van der Waals surface area contributed by atoms with E-state index in [9.17, 15) is 10.1 Å². The van der Waals surface area contributed by atoms with Crippen molar-refractivity contribution in [3.63, 3.8) is 0 Å². The van der Waals surface area contributed by atoms with Crippen LogP contribution in [0, 0.1) is 10.1 Å². The van der Waals surface area contributed by atoms with E-state index in [2.05, 4.69) is 15.5 Å². The van der Waals surface area contributed by atoms with Crippen molar-refractivity contribution >= 4 is 5.69 Å². The molecule has 1 aromatic rings. The van der Waals surface area contributed by atoms with Gasteiger partial charge in [-0.3, -0.25) is 15.0 Å². The molecule has 0 bridgehead atoms. The van der Waals surface area contributed by atoms with E-state index in [1.807, 2.05) is 0 Å². The van der Waals surface area contributed by atoms with Gasteiger partial charge in [-0.05, 0) is 12.0 Å². The van der Waals surface area contributed by atoms with Crippen molar-refractivity contribution in [3.05, 3.63) is 39.9 Å². The molecule has 0 aromatic heterocycles. The summed E-state index contributed by atoms with van der Waals surface area (Å²) < 4.78 is 0. The molecular formula is C15H25N5O2. The van der Waals surface area contributed by atoms with Gasteiger partial charge in [-0.1, -0.05) is 12.1 Å². The van der Waals surface area contributed by atoms with Crippen LogP contribution in [0.1, 0.15) is 5.56 Å². The zero-order valence-corrected chi connectivity index (χ0v) is 12.8. The summed E-state index contributed by atoms with van der Waals surface area (Å²) in [5.41, 5.74) is 7.41. The van der Waals surface area contributed by atoms with E-state index in [4.69, 9.17) is 5.73 Å². The van der Waals surface area contributed by atoms with Crippen molar-refractivity contribution in [2.24, 2.45) is 5.73 Å². The summed E-state index contributed by atoms with van der Waals surface area (Å²) in [6, 6.07) is 6.69. The van der Waals surface area contributed by atoms with Crippen LogP contribution in [0.4, 0.5) is 5.69 Å². The predicted molar refractivity (Wildman–Crippen MR) is 87.0 cm³/mol. The van der Waals surface area contributed by atoms with E-state index in [-0.39, 0.29) is 16.7 Å². The molecule has 7 nitrogen and oxygen atoms in total. The SMILES string of the molecule is NC(Cc1ccc([N+](=O)[O-])cc1)CN1CCNCCNCC1. The molecule has 0 spiro atoms. The Kier molecular flexibility index (Phi) is 6.73. The average Bonchev–Trinajstić information content (AvgIpc) is 2.62. The van der Waals surface area contributed by atoms with Crippen LogP contribution in [0.2, 0.25) is 0 Å². The molecule has 0 saturated carbocycles. The van der Waals surface area contributed by atoms with E-state index in [1.165, 1.54) is 12.1 Å². The van der Waals surface area contributed by atoms with Gasteiger partial charge in [0.2, 0.25) is 0 Å². The molecule has 0 amide bonds. The van der Waals surface area contributed by atoms with Crippen molar-refractivity contribution in [1.29, 1.82) is 0 Å². The number of rotatable bonds is 5.